The molecule has 0 aliphatic heterocycles. The molecule has 0 spiro atoms. The molecule has 1 aliphatic rings. The fourth-order valence-electron chi connectivity index (χ4n) is 3.08. The van der Waals surface area contributed by atoms with Crippen molar-refractivity contribution in [1.29, 1.82) is 0 Å². The summed E-state index contributed by atoms with van der Waals surface area (Å²) in [6, 6.07) is 24.5. The summed E-state index contributed by atoms with van der Waals surface area (Å²) in [6.45, 7) is 0. The number of benzene rings is 3. The third-order valence-corrected chi connectivity index (χ3v) is 4.85. The van der Waals surface area contributed by atoms with Gasteiger partial charge in [0.05, 0.1) is 0 Å². The van der Waals surface area contributed by atoms with Crippen LogP contribution in [0, 0.1) is 0 Å². The number of hydrogen-bond donors (Lipinski definition) is 0. The Morgan fingerprint density at radius 1 is 0.476 bits per heavy atom. The Hall–Kier alpha value is -1.76. The van der Waals surface area contributed by atoms with E-state index < -0.39 is 4.33 Å². The predicted octanol–water partition coefficient (Wildman–Crippen LogP) is 6.01. The predicted molar refractivity (Wildman–Crippen MR) is 89.8 cm³/mol. The summed E-state index contributed by atoms with van der Waals surface area (Å²) in [6.07, 6.45) is 0. The van der Waals surface area contributed by atoms with Crippen LogP contribution < -0.4 is 0 Å². The van der Waals surface area contributed by atoms with E-state index in [1.165, 1.54) is 11.1 Å². The topological polar surface area (TPSA) is 0 Å². The van der Waals surface area contributed by atoms with Gasteiger partial charge in [-0.25, -0.2) is 0 Å². The lowest BCUT2D eigenvalue weighted by molar-refractivity contribution is 1.05. The number of halogens is 2. The van der Waals surface area contributed by atoms with E-state index in [1.807, 2.05) is 48.5 Å². The van der Waals surface area contributed by atoms with Crippen LogP contribution in [0.4, 0.5) is 0 Å². The monoisotopic (exact) mass is 310 g/mol. The molecule has 0 saturated heterocycles. The van der Waals surface area contributed by atoms with Crippen LogP contribution in [-0.2, 0) is 4.33 Å². The van der Waals surface area contributed by atoms with Gasteiger partial charge in [-0.05, 0) is 22.3 Å². The Kier molecular flexibility index (Phi) is 2.85. The second-order valence-electron chi connectivity index (χ2n) is 5.21. The van der Waals surface area contributed by atoms with Crippen molar-refractivity contribution in [3.05, 3.63) is 83.9 Å². The molecule has 0 amide bonds. The normalized spacial score (nSPS) is 14.6. The van der Waals surface area contributed by atoms with Gasteiger partial charge in [-0.15, -0.1) is 0 Å². The van der Waals surface area contributed by atoms with Crippen LogP contribution in [0.1, 0.15) is 11.1 Å². The van der Waals surface area contributed by atoms with E-state index >= 15 is 0 Å². The van der Waals surface area contributed by atoms with Gasteiger partial charge in [-0.2, -0.15) is 0 Å². The lowest BCUT2D eigenvalue weighted by Crippen LogP contribution is -2.13. The molecule has 0 radical (unpaired) electrons. The van der Waals surface area contributed by atoms with Gasteiger partial charge in [-0.3, -0.25) is 0 Å². The first kappa shape index (κ1) is 12.9. The molecule has 0 nitrogen and oxygen atoms in total. The summed E-state index contributed by atoms with van der Waals surface area (Å²) in [7, 11) is 0. The van der Waals surface area contributed by atoms with Crippen molar-refractivity contribution in [3.63, 3.8) is 0 Å². The molecule has 21 heavy (non-hydrogen) atoms. The van der Waals surface area contributed by atoms with Gasteiger partial charge in [0.2, 0.25) is 0 Å². The summed E-state index contributed by atoms with van der Waals surface area (Å²) in [5, 5.41) is 0. The quantitative estimate of drug-likeness (QED) is 0.446. The summed E-state index contributed by atoms with van der Waals surface area (Å²) in [5.74, 6) is 0. The van der Waals surface area contributed by atoms with E-state index in [0.29, 0.717) is 0 Å². The first-order valence-corrected chi connectivity index (χ1v) is 7.62. The van der Waals surface area contributed by atoms with Crippen LogP contribution in [0.3, 0.4) is 0 Å². The Labute approximate surface area is 134 Å². The molecule has 3 aromatic rings. The van der Waals surface area contributed by atoms with E-state index in [2.05, 4.69) is 24.3 Å². The molecule has 0 saturated carbocycles. The molecule has 0 unspecified atom stereocenters. The second-order valence-corrected chi connectivity index (χ2v) is 6.54. The zero-order chi connectivity index (χ0) is 14.4. The molecule has 0 bridgehead atoms. The third-order valence-electron chi connectivity index (χ3n) is 4.04. The number of alkyl halides is 2. The highest BCUT2D eigenvalue weighted by atomic mass is 35.5. The van der Waals surface area contributed by atoms with Crippen LogP contribution in [-0.4, -0.2) is 0 Å². The summed E-state index contributed by atoms with van der Waals surface area (Å²) >= 11 is 13.6. The Bertz CT molecular complexity index is 766. The maximum atomic E-state index is 6.79. The average molecular weight is 311 g/mol. The molecule has 1 aliphatic carbocycles. The van der Waals surface area contributed by atoms with Crippen LogP contribution in [0.25, 0.3) is 22.3 Å². The van der Waals surface area contributed by atoms with Crippen LogP contribution in [0.2, 0.25) is 0 Å². The van der Waals surface area contributed by atoms with Crippen molar-refractivity contribution in [1.82, 2.24) is 0 Å². The van der Waals surface area contributed by atoms with E-state index in [9.17, 15) is 0 Å². The van der Waals surface area contributed by atoms with Gasteiger partial charge in [0, 0.05) is 11.1 Å². The first-order valence-electron chi connectivity index (χ1n) is 6.86. The molecule has 3 aromatic carbocycles. The van der Waals surface area contributed by atoms with Crippen molar-refractivity contribution in [2.75, 3.05) is 0 Å². The molecule has 0 atom stereocenters. The minimum Gasteiger partial charge on any atom is -0.0909 e. The lowest BCUT2D eigenvalue weighted by Gasteiger charge is -2.22. The summed E-state index contributed by atoms with van der Waals surface area (Å²) in [4.78, 5) is 0. The SMILES string of the molecule is ClC1(Cl)c2ccccc2-c2ccccc2-c2ccccc21. The Morgan fingerprint density at radius 2 is 0.810 bits per heavy atom. The van der Waals surface area contributed by atoms with Gasteiger partial charge in [0.15, 0.2) is 4.33 Å². The lowest BCUT2D eigenvalue weighted by atomic mass is 9.95. The Morgan fingerprint density at radius 3 is 1.24 bits per heavy atom. The van der Waals surface area contributed by atoms with E-state index in [0.717, 1.165) is 22.3 Å². The number of rotatable bonds is 0. The van der Waals surface area contributed by atoms with Crippen molar-refractivity contribution < 1.29 is 0 Å². The van der Waals surface area contributed by atoms with Crippen molar-refractivity contribution in [2.45, 2.75) is 4.33 Å². The highest BCUT2D eigenvalue weighted by Crippen LogP contribution is 2.52. The van der Waals surface area contributed by atoms with Gasteiger partial charge < -0.3 is 0 Å². The minimum absolute atomic E-state index is 0.936. The molecule has 4 rings (SSSR count). The molecule has 0 aromatic heterocycles. The fraction of sp³-hybridized carbons (Fsp3) is 0.0526. The molecule has 2 heteroatoms. The summed E-state index contributed by atoms with van der Waals surface area (Å²) in [5.41, 5.74) is 6.40. The van der Waals surface area contributed by atoms with Crippen molar-refractivity contribution >= 4 is 23.2 Å². The highest BCUT2D eigenvalue weighted by molar-refractivity contribution is 6.51. The molecule has 0 heterocycles. The van der Waals surface area contributed by atoms with Gasteiger partial charge in [0.25, 0.3) is 0 Å². The van der Waals surface area contributed by atoms with Gasteiger partial charge in [-0.1, -0.05) is 96.0 Å². The zero-order valence-electron chi connectivity index (χ0n) is 11.2. The van der Waals surface area contributed by atoms with Crippen molar-refractivity contribution in [2.24, 2.45) is 0 Å². The minimum atomic E-state index is -1.05. The second kappa shape index (κ2) is 4.62. The third kappa shape index (κ3) is 1.83. The maximum absolute atomic E-state index is 6.79. The van der Waals surface area contributed by atoms with Crippen molar-refractivity contribution in [3.8, 4) is 22.3 Å². The van der Waals surface area contributed by atoms with E-state index in [1.54, 1.807) is 0 Å². The Balaban J connectivity index is 2.21. The average Bonchev–Trinajstić information content (AvgIpc) is 2.62. The number of fused-ring (bicyclic) bond motifs is 5. The van der Waals surface area contributed by atoms with E-state index in [4.69, 9.17) is 23.2 Å². The van der Waals surface area contributed by atoms with E-state index in [-0.39, 0.29) is 0 Å². The summed E-state index contributed by atoms with van der Waals surface area (Å²) < 4.78 is -1.05. The first-order chi connectivity index (χ1) is 10.2. The van der Waals surface area contributed by atoms with Crippen LogP contribution in [0.5, 0.6) is 0 Å². The fourth-order valence-corrected chi connectivity index (χ4v) is 3.74. The highest BCUT2D eigenvalue weighted by Gasteiger charge is 2.36. The maximum Gasteiger partial charge on any atom is 0.169 e. The molecular formula is C19H12Cl2. The molecule has 0 N–H and O–H groups in total. The largest absolute Gasteiger partial charge is 0.169 e. The van der Waals surface area contributed by atoms with Gasteiger partial charge >= 0.3 is 0 Å². The molecule has 102 valence electrons. The van der Waals surface area contributed by atoms with Gasteiger partial charge in [0.1, 0.15) is 0 Å². The molecular weight excluding hydrogens is 299 g/mol. The smallest absolute Gasteiger partial charge is 0.0909 e. The number of hydrogen-bond acceptors (Lipinski definition) is 0. The van der Waals surface area contributed by atoms with Crippen LogP contribution in [0.15, 0.2) is 72.8 Å². The standard InChI is InChI=1S/C19H12Cl2/c20-19(21)17-11-5-3-9-15(17)13-7-1-2-8-14(13)16-10-4-6-12-18(16)19/h1-12H. The molecule has 0 fully saturated rings. The zero-order valence-corrected chi connectivity index (χ0v) is 12.7. The van der Waals surface area contributed by atoms with Crippen LogP contribution >= 0.6 is 23.2 Å².